The van der Waals surface area contributed by atoms with Gasteiger partial charge in [0.2, 0.25) is 0 Å². The molecule has 2 heterocycles. The maximum Gasteiger partial charge on any atom is 0.129 e. The lowest BCUT2D eigenvalue weighted by atomic mass is 9.72. The summed E-state index contributed by atoms with van der Waals surface area (Å²) in [5, 5.41) is 0. The summed E-state index contributed by atoms with van der Waals surface area (Å²) < 4.78 is 0. The number of benzene rings is 2. The van der Waals surface area contributed by atoms with Crippen molar-refractivity contribution in [2.45, 2.75) is 49.7 Å². The summed E-state index contributed by atoms with van der Waals surface area (Å²) >= 11 is 0. The van der Waals surface area contributed by atoms with Gasteiger partial charge in [0.15, 0.2) is 0 Å². The molecule has 3 heteroatoms. The first kappa shape index (κ1) is 17.2. The molecule has 3 nitrogen and oxygen atoms in total. The minimum absolute atomic E-state index is 0.0935. The van der Waals surface area contributed by atoms with Crippen LogP contribution in [-0.2, 0) is 5.54 Å². The Morgan fingerprint density at radius 2 is 1.69 bits per heavy atom. The second-order valence-corrected chi connectivity index (χ2v) is 9.06. The van der Waals surface area contributed by atoms with Gasteiger partial charge in [0.05, 0.1) is 6.04 Å². The number of hydrogen-bond donors (Lipinski definition) is 1. The number of allylic oxidation sites excluding steroid dienone is 2. The molecule has 2 aliphatic heterocycles. The van der Waals surface area contributed by atoms with Crippen LogP contribution in [0.25, 0.3) is 0 Å². The standard InChI is InChI=1S/C26H27N3/c27-26(14-4-15-26)22-11-9-19(10-12-22)24-25(20-5-2-1-3-6-20)29-16-13-21(18-7-8-18)17-23(29)28-24/h1-3,5-6,9-13,16-18,24-25H,4,7-8,14-15,27H2. The van der Waals surface area contributed by atoms with Crippen molar-refractivity contribution in [2.24, 2.45) is 16.6 Å². The quantitative estimate of drug-likeness (QED) is 0.772. The lowest BCUT2D eigenvalue weighted by Crippen LogP contribution is -2.43. The summed E-state index contributed by atoms with van der Waals surface area (Å²) in [7, 11) is 0. The molecule has 146 valence electrons. The summed E-state index contributed by atoms with van der Waals surface area (Å²) in [6.45, 7) is 0. The molecule has 2 saturated carbocycles. The maximum absolute atomic E-state index is 6.54. The Balaban J connectivity index is 1.38. The van der Waals surface area contributed by atoms with Gasteiger partial charge < -0.3 is 10.6 Å². The third-order valence-corrected chi connectivity index (χ3v) is 7.12. The van der Waals surface area contributed by atoms with Gasteiger partial charge in [0.1, 0.15) is 11.9 Å². The van der Waals surface area contributed by atoms with Gasteiger partial charge in [0, 0.05) is 11.7 Å². The summed E-state index contributed by atoms with van der Waals surface area (Å²) in [5.41, 5.74) is 11.7. The molecule has 0 saturated heterocycles. The smallest absolute Gasteiger partial charge is 0.129 e. The van der Waals surface area contributed by atoms with Gasteiger partial charge in [-0.1, -0.05) is 54.6 Å². The minimum atomic E-state index is -0.110. The average molecular weight is 382 g/mol. The Morgan fingerprint density at radius 3 is 2.34 bits per heavy atom. The van der Waals surface area contributed by atoms with Gasteiger partial charge >= 0.3 is 0 Å². The van der Waals surface area contributed by atoms with Crippen LogP contribution in [0, 0.1) is 5.92 Å². The Labute approximate surface area is 172 Å². The maximum atomic E-state index is 6.54. The molecule has 2 aromatic rings. The van der Waals surface area contributed by atoms with Crippen LogP contribution in [0.2, 0.25) is 0 Å². The van der Waals surface area contributed by atoms with Crippen molar-refractivity contribution in [2.75, 3.05) is 0 Å². The fourth-order valence-corrected chi connectivity index (χ4v) is 5.00. The summed E-state index contributed by atoms with van der Waals surface area (Å²) in [6, 6.07) is 20.0. The molecular formula is C26H27N3. The predicted molar refractivity (Wildman–Crippen MR) is 117 cm³/mol. The second kappa shape index (κ2) is 6.43. The van der Waals surface area contributed by atoms with Gasteiger partial charge in [0.25, 0.3) is 0 Å². The van der Waals surface area contributed by atoms with Crippen LogP contribution < -0.4 is 5.73 Å². The van der Waals surface area contributed by atoms with Crippen LogP contribution in [-0.4, -0.2) is 10.7 Å². The molecule has 2 aliphatic carbocycles. The van der Waals surface area contributed by atoms with E-state index in [4.69, 9.17) is 10.7 Å². The van der Waals surface area contributed by atoms with E-state index < -0.39 is 0 Å². The van der Waals surface area contributed by atoms with Crippen LogP contribution in [0.1, 0.15) is 60.9 Å². The topological polar surface area (TPSA) is 41.6 Å². The minimum Gasteiger partial charge on any atom is -0.323 e. The molecule has 0 bridgehead atoms. The van der Waals surface area contributed by atoms with Crippen molar-refractivity contribution in [1.82, 2.24) is 4.90 Å². The molecule has 6 rings (SSSR count). The third-order valence-electron chi connectivity index (χ3n) is 7.12. The fraction of sp³-hybridized carbons (Fsp3) is 0.346. The molecule has 2 N–H and O–H groups in total. The number of rotatable bonds is 4. The van der Waals surface area contributed by atoms with E-state index in [9.17, 15) is 0 Å². The molecule has 0 spiro atoms. The predicted octanol–water partition coefficient (Wildman–Crippen LogP) is 5.38. The zero-order valence-corrected chi connectivity index (χ0v) is 16.7. The van der Waals surface area contributed by atoms with E-state index >= 15 is 0 Å². The zero-order valence-electron chi connectivity index (χ0n) is 16.7. The molecule has 2 aromatic carbocycles. The second-order valence-electron chi connectivity index (χ2n) is 9.06. The van der Waals surface area contributed by atoms with Crippen molar-refractivity contribution in [3.05, 3.63) is 95.2 Å². The van der Waals surface area contributed by atoms with Crippen LogP contribution in [0.15, 0.2) is 83.5 Å². The van der Waals surface area contributed by atoms with E-state index in [-0.39, 0.29) is 17.6 Å². The molecule has 0 radical (unpaired) electrons. The van der Waals surface area contributed by atoms with E-state index in [0.29, 0.717) is 0 Å². The zero-order chi connectivity index (χ0) is 19.4. The largest absolute Gasteiger partial charge is 0.323 e. The Morgan fingerprint density at radius 1 is 0.931 bits per heavy atom. The van der Waals surface area contributed by atoms with Crippen LogP contribution in [0.5, 0.6) is 0 Å². The first-order chi connectivity index (χ1) is 14.2. The molecule has 29 heavy (non-hydrogen) atoms. The first-order valence-electron chi connectivity index (χ1n) is 10.9. The number of nitrogens with zero attached hydrogens (tertiary/aromatic N) is 2. The van der Waals surface area contributed by atoms with Crippen molar-refractivity contribution in [3.63, 3.8) is 0 Å². The molecule has 4 aliphatic rings. The first-order valence-corrected chi connectivity index (χ1v) is 10.9. The van der Waals surface area contributed by atoms with Crippen LogP contribution >= 0.6 is 0 Å². The molecule has 2 fully saturated rings. The fourth-order valence-electron chi connectivity index (χ4n) is 5.00. The van der Waals surface area contributed by atoms with Gasteiger partial charge in [-0.2, -0.15) is 0 Å². The van der Waals surface area contributed by atoms with Gasteiger partial charge in [-0.05, 0) is 72.4 Å². The number of nitrogens with two attached hydrogens (primary N) is 1. The molecule has 2 unspecified atom stereocenters. The Bertz CT molecular complexity index is 1010. The van der Waals surface area contributed by atoms with E-state index in [1.54, 1.807) is 0 Å². The van der Waals surface area contributed by atoms with E-state index in [1.807, 2.05) is 0 Å². The van der Waals surface area contributed by atoms with E-state index in [2.05, 4.69) is 77.8 Å². The van der Waals surface area contributed by atoms with Crippen LogP contribution in [0.4, 0.5) is 0 Å². The monoisotopic (exact) mass is 381 g/mol. The molecule has 2 atom stereocenters. The highest BCUT2D eigenvalue weighted by Gasteiger charge is 2.39. The lowest BCUT2D eigenvalue weighted by molar-refractivity contribution is 0.253. The third kappa shape index (κ3) is 2.87. The average Bonchev–Trinajstić information content (AvgIpc) is 3.53. The number of aliphatic imine (C=N–C) groups is 1. The normalized spacial score (nSPS) is 27.1. The van der Waals surface area contributed by atoms with Crippen LogP contribution in [0.3, 0.4) is 0 Å². The SMILES string of the molecule is NC1(c2ccc(C3N=C4C=C(C5CC5)C=CN4C3c3ccccc3)cc2)CCC1. The highest BCUT2D eigenvalue weighted by molar-refractivity contribution is 5.98. The molecule has 0 aromatic heterocycles. The van der Waals surface area contributed by atoms with Gasteiger partial charge in [-0.15, -0.1) is 0 Å². The Hall–Kier alpha value is -2.65. The van der Waals surface area contributed by atoms with Gasteiger partial charge in [-0.25, -0.2) is 0 Å². The van der Waals surface area contributed by atoms with Crippen molar-refractivity contribution in [1.29, 1.82) is 0 Å². The lowest BCUT2D eigenvalue weighted by Gasteiger charge is -2.38. The van der Waals surface area contributed by atoms with Crippen molar-refractivity contribution in [3.8, 4) is 0 Å². The molecular weight excluding hydrogens is 354 g/mol. The van der Waals surface area contributed by atoms with Crippen molar-refractivity contribution >= 4 is 5.84 Å². The highest BCUT2D eigenvalue weighted by atomic mass is 15.3. The molecule has 0 amide bonds. The Kier molecular flexibility index (Phi) is 3.82. The summed E-state index contributed by atoms with van der Waals surface area (Å²) in [4.78, 5) is 7.57. The highest BCUT2D eigenvalue weighted by Crippen LogP contribution is 2.46. The van der Waals surface area contributed by atoms with E-state index in [1.165, 1.54) is 41.5 Å². The van der Waals surface area contributed by atoms with Gasteiger partial charge in [-0.3, -0.25) is 4.99 Å². The number of amidine groups is 1. The summed E-state index contributed by atoms with van der Waals surface area (Å²) in [5.74, 6) is 1.85. The number of hydrogen-bond acceptors (Lipinski definition) is 3. The number of fused-ring (bicyclic) bond motifs is 1. The van der Waals surface area contributed by atoms with Crippen molar-refractivity contribution < 1.29 is 0 Å². The van der Waals surface area contributed by atoms with E-state index in [0.717, 1.165) is 24.6 Å². The summed E-state index contributed by atoms with van der Waals surface area (Å²) in [6.07, 6.45) is 12.9.